The molecule has 8 heteroatoms. The van der Waals surface area contributed by atoms with Crippen molar-refractivity contribution in [1.29, 1.82) is 0 Å². The molecule has 2 N–H and O–H groups in total. The van der Waals surface area contributed by atoms with Crippen molar-refractivity contribution >= 4 is 33.4 Å². The number of benzene rings is 1. The molecule has 31 heavy (non-hydrogen) atoms. The highest BCUT2D eigenvalue weighted by Crippen LogP contribution is 2.39. The van der Waals surface area contributed by atoms with Gasteiger partial charge < -0.3 is 15.5 Å². The molecule has 0 radical (unpaired) electrons. The Morgan fingerprint density at radius 2 is 1.81 bits per heavy atom. The van der Waals surface area contributed by atoms with Crippen molar-refractivity contribution in [1.82, 2.24) is 19.9 Å². The van der Waals surface area contributed by atoms with E-state index in [0.717, 1.165) is 45.7 Å². The second-order valence-electron chi connectivity index (χ2n) is 7.47. The number of rotatable bonds is 3. The summed E-state index contributed by atoms with van der Waals surface area (Å²) in [5.41, 5.74) is 8.68. The summed E-state index contributed by atoms with van der Waals surface area (Å²) < 4.78 is 0. The number of anilines is 1. The third-order valence-electron chi connectivity index (χ3n) is 5.53. The highest BCUT2D eigenvalue weighted by molar-refractivity contribution is 7.17. The number of hydrogen-bond donors (Lipinski definition) is 1. The van der Waals surface area contributed by atoms with Gasteiger partial charge in [0.1, 0.15) is 10.6 Å². The minimum absolute atomic E-state index is 0.369. The average Bonchev–Trinajstić information content (AvgIpc) is 3.08. The first-order chi connectivity index (χ1) is 15.2. The highest BCUT2D eigenvalue weighted by atomic mass is 32.1. The molecule has 0 saturated carbocycles. The molecule has 1 aromatic carbocycles. The second-order valence-corrected chi connectivity index (χ2v) is 8.33. The summed E-state index contributed by atoms with van der Waals surface area (Å²) in [6.07, 6.45) is 4.37. The van der Waals surface area contributed by atoms with E-state index in [0.29, 0.717) is 25.5 Å². The Kier molecular flexibility index (Phi) is 5.21. The van der Waals surface area contributed by atoms with Crippen LogP contribution in [0.1, 0.15) is 6.42 Å². The Morgan fingerprint density at radius 1 is 0.968 bits per heavy atom. The summed E-state index contributed by atoms with van der Waals surface area (Å²) in [5.74, 6) is 1.56. The van der Waals surface area contributed by atoms with Gasteiger partial charge in [-0.05, 0) is 24.1 Å². The number of urea groups is 1. The van der Waals surface area contributed by atoms with Crippen LogP contribution < -0.4 is 10.6 Å². The van der Waals surface area contributed by atoms with E-state index >= 15 is 0 Å². The number of nitrogens with two attached hydrogens (primary N) is 1. The average molecular weight is 431 g/mol. The van der Waals surface area contributed by atoms with Crippen LogP contribution in [0.2, 0.25) is 0 Å². The molecule has 7 nitrogen and oxygen atoms in total. The Morgan fingerprint density at radius 3 is 2.58 bits per heavy atom. The van der Waals surface area contributed by atoms with Crippen LogP contribution in [-0.2, 0) is 0 Å². The first kappa shape index (κ1) is 19.4. The summed E-state index contributed by atoms with van der Waals surface area (Å²) in [5, 5.41) is 3.20. The van der Waals surface area contributed by atoms with Crippen LogP contribution >= 0.6 is 11.3 Å². The molecule has 0 aliphatic carbocycles. The predicted molar refractivity (Wildman–Crippen MR) is 124 cm³/mol. The van der Waals surface area contributed by atoms with E-state index in [1.54, 1.807) is 28.6 Å². The first-order valence-electron chi connectivity index (χ1n) is 10.2. The third kappa shape index (κ3) is 3.82. The van der Waals surface area contributed by atoms with Gasteiger partial charge in [-0.2, -0.15) is 0 Å². The van der Waals surface area contributed by atoms with Crippen LogP contribution in [0.4, 0.5) is 10.6 Å². The number of pyridine rings is 1. The molecule has 5 rings (SSSR count). The zero-order valence-corrected chi connectivity index (χ0v) is 17.8. The monoisotopic (exact) mass is 430 g/mol. The molecule has 1 aliphatic heterocycles. The predicted octanol–water partition coefficient (Wildman–Crippen LogP) is 4.01. The van der Waals surface area contributed by atoms with Gasteiger partial charge in [-0.15, -0.1) is 11.3 Å². The normalized spacial score (nSPS) is 14.6. The molecule has 4 heterocycles. The summed E-state index contributed by atoms with van der Waals surface area (Å²) in [7, 11) is 0. The van der Waals surface area contributed by atoms with Gasteiger partial charge in [0.05, 0.1) is 5.39 Å². The number of aromatic nitrogens is 3. The number of fused-ring (bicyclic) bond motifs is 1. The van der Waals surface area contributed by atoms with Gasteiger partial charge in [0.2, 0.25) is 0 Å². The van der Waals surface area contributed by atoms with Gasteiger partial charge in [-0.3, -0.25) is 4.98 Å². The van der Waals surface area contributed by atoms with Crippen LogP contribution in [0, 0.1) is 0 Å². The number of thiophene rings is 1. The number of carbonyl (C=O) groups excluding carboxylic acids is 1. The van der Waals surface area contributed by atoms with Gasteiger partial charge in [-0.25, -0.2) is 14.8 Å². The summed E-state index contributed by atoms with van der Waals surface area (Å²) >= 11 is 1.62. The van der Waals surface area contributed by atoms with E-state index in [1.165, 1.54) is 0 Å². The molecule has 1 fully saturated rings. The van der Waals surface area contributed by atoms with Crippen molar-refractivity contribution in [3.05, 3.63) is 60.2 Å². The Labute approximate surface area is 184 Å². The molecule has 1 aliphatic rings. The zero-order chi connectivity index (χ0) is 21.2. The largest absolute Gasteiger partial charge is 0.354 e. The molecule has 0 unspecified atom stereocenters. The first-order valence-corrected chi connectivity index (χ1v) is 11.1. The lowest BCUT2D eigenvalue weighted by Crippen LogP contribution is -2.38. The van der Waals surface area contributed by atoms with Crippen molar-refractivity contribution in [3.8, 4) is 22.5 Å². The van der Waals surface area contributed by atoms with Crippen LogP contribution in [0.15, 0.2) is 60.2 Å². The fourth-order valence-corrected chi connectivity index (χ4v) is 4.90. The zero-order valence-electron chi connectivity index (χ0n) is 16.9. The van der Waals surface area contributed by atoms with Crippen LogP contribution in [0.25, 0.3) is 32.7 Å². The van der Waals surface area contributed by atoms with E-state index < -0.39 is 0 Å². The van der Waals surface area contributed by atoms with Crippen molar-refractivity contribution < 1.29 is 4.79 Å². The Hall–Kier alpha value is -3.52. The minimum atomic E-state index is -0.369. The molecule has 1 saturated heterocycles. The fraction of sp³-hybridized carbons (Fsp3) is 0.217. The smallest absolute Gasteiger partial charge is 0.314 e. The van der Waals surface area contributed by atoms with E-state index in [2.05, 4.69) is 27.4 Å². The van der Waals surface area contributed by atoms with Crippen molar-refractivity contribution in [2.75, 3.05) is 31.1 Å². The third-order valence-corrected chi connectivity index (χ3v) is 6.40. The maximum absolute atomic E-state index is 11.7. The molecule has 0 spiro atoms. The number of hydrogen-bond acceptors (Lipinski definition) is 6. The quantitative estimate of drug-likeness (QED) is 0.531. The maximum atomic E-state index is 11.7. The summed E-state index contributed by atoms with van der Waals surface area (Å²) in [6.45, 7) is 2.70. The van der Waals surface area contributed by atoms with Crippen LogP contribution in [0.3, 0.4) is 0 Å². The lowest BCUT2D eigenvalue weighted by atomic mass is 10.1. The van der Waals surface area contributed by atoms with Crippen molar-refractivity contribution in [2.24, 2.45) is 5.73 Å². The minimum Gasteiger partial charge on any atom is -0.354 e. The number of primary amides is 1. The fourth-order valence-electron chi connectivity index (χ4n) is 3.96. The van der Waals surface area contributed by atoms with Gasteiger partial charge in [0.25, 0.3) is 0 Å². The molecule has 2 amide bonds. The molecule has 3 aromatic heterocycles. The van der Waals surface area contributed by atoms with Crippen molar-refractivity contribution in [3.63, 3.8) is 0 Å². The second kappa shape index (κ2) is 8.31. The highest BCUT2D eigenvalue weighted by Gasteiger charge is 2.23. The van der Waals surface area contributed by atoms with E-state index in [1.807, 2.05) is 30.3 Å². The lowest BCUT2D eigenvalue weighted by molar-refractivity contribution is 0.211. The lowest BCUT2D eigenvalue weighted by Gasteiger charge is -2.24. The van der Waals surface area contributed by atoms with Crippen molar-refractivity contribution in [2.45, 2.75) is 6.42 Å². The maximum Gasteiger partial charge on any atom is 0.314 e. The molecule has 4 aromatic rings. The number of amides is 2. The molecule has 0 atom stereocenters. The van der Waals surface area contributed by atoms with Crippen LogP contribution in [-0.4, -0.2) is 52.1 Å². The van der Waals surface area contributed by atoms with Gasteiger partial charge in [0.15, 0.2) is 5.82 Å². The van der Waals surface area contributed by atoms with Gasteiger partial charge in [-0.1, -0.05) is 30.3 Å². The topological polar surface area (TPSA) is 88.2 Å². The van der Waals surface area contributed by atoms with Gasteiger partial charge >= 0.3 is 6.03 Å². The van der Waals surface area contributed by atoms with E-state index in [4.69, 9.17) is 15.7 Å². The standard InChI is InChI=1S/C23H22N6OS/c24-23(30)29-11-5-10-28(12-13-29)21-19-18(16-6-2-1-3-7-16)15-31-22(19)27-20(26-21)17-8-4-9-25-14-17/h1-4,6-9,14-15H,5,10-13H2,(H2,24,30). The Balaban J connectivity index is 1.66. The van der Waals surface area contributed by atoms with E-state index in [9.17, 15) is 4.79 Å². The number of carbonyl (C=O) groups is 1. The van der Waals surface area contributed by atoms with E-state index in [-0.39, 0.29) is 6.03 Å². The molecular weight excluding hydrogens is 408 g/mol. The summed E-state index contributed by atoms with van der Waals surface area (Å²) in [4.78, 5) is 30.7. The molecular formula is C23H22N6OS. The summed E-state index contributed by atoms with van der Waals surface area (Å²) in [6, 6.07) is 13.8. The number of nitrogens with zero attached hydrogens (tertiary/aromatic N) is 5. The van der Waals surface area contributed by atoms with Gasteiger partial charge in [0, 0.05) is 55.1 Å². The van der Waals surface area contributed by atoms with Crippen LogP contribution in [0.5, 0.6) is 0 Å². The molecule has 156 valence electrons. The Bertz CT molecular complexity index is 1210. The SMILES string of the molecule is NC(=O)N1CCCN(c2nc(-c3cccnc3)nc3scc(-c4ccccc4)c23)CC1. The molecule has 0 bridgehead atoms.